The summed E-state index contributed by atoms with van der Waals surface area (Å²) in [6.45, 7) is 3.95. The maximum atomic E-state index is 12.8. The van der Waals surface area contributed by atoms with Crippen molar-refractivity contribution in [2.75, 3.05) is 11.9 Å². The molecule has 0 aromatic heterocycles. The van der Waals surface area contributed by atoms with Gasteiger partial charge >= 0.3 is 0 Å². The van der Waals surface area contributed by atoms with Crippen LogP contribution in [0.4, 0.5) is 5.69 Å². The van der Waals surface area contributed by atoms with Crippen LogP contribution in [0.3, 0.4) is 0 Å². The Morgan fingerprint density at radius 1 is 0.938 bits per heavy atom. The Hall–Kier alpha value is -3.32. The summed E-state index contributed by atoms with van der Waals surface area (Å²) in [5.74, 6) is 1.46. The lowest BCUT2D eigenvalue weighted by Crippen LogP contribution is -2.29. The highest BCUT2D eigenvalue weighted by molar-refractivity contribution is 9.10. The van der Waals surface area contributed by atoms with Crippen molar-refractivity contribution < 1.29 is 19.1 Å². The van der Waals surface area contributed by atoms with Gasteiger partial charge in [0.05, 0.1) is 24.8 Å². The molecule has 32 heavy (non-hydrogen) atoms. The normalized spacial score (nSPS) is 11.3. The highest BCUT2D eigenvalue weighted by Gasteiger charge is 2.18. The van der Waals surface area contributed by atoms with Crippen molar-refractivity contribution in [2.45, 2.75) is 26.3 Å². The SMILES string of the molecule is CCOc1ccc(Oc2ccccc2NC(=O)CC(NC(C)=O)c2ccc(Br)cc2)cc1. The lowest BCUT2D eigenvalue weighted by atomic mass is 10.0. The molecule has 0 heterocycles. The number of carbonyl (C=O) groups excluding carboxylic acids is 2. The molecule has 0 bridgehead atoms. The van der Waals surface area contributed by atoms with Gasteiger partial charge < -0.3 is 20.1 Å². The Morgan fingerprint density at radius 3 is 2.25 bits per heavy atom. The van der Waals surface area contributed by atoms with Crippen LogP contribution in [0.2, 0.25) is 0 Å². The fraction of sp³-hybridized carbons (Fsp3) is 0.200. The lowest BCUT2D eigenvalue weighted by molar-refractivity contribution is -0.120. The molecule has 3 aromatic rings. The molecule has 2 N–H and O–H groups in total. The first kappa shape index (κ1) is 23.3. The number of hydrogen-bond donors (Lipinski definition) is 2. The van der Waals surface area contributed by atoms with Crippen molar-refractivity contribution in [2.24, 2.45) is 0 Å². The third-order valence-electron chi connectivity index (χ3n) is 4.56. The van der Waals surface area contributed by atoms with Crippen molar-refractivity contribution in [1.29, 1.82) is 0 Å². The van der Waals surface area contributed by atoms with Crippen LogP contribution in [0.25, 0.3) is 0 Å². The fourth-order valence-corrected chi connectivity index (χ4v) is 3.40. The summed E-state index contributed by atoms with van der Waals surface area (Å²) in [6.07, 6.45) is 0.0819. The predicted octanol–water partition coefficient (Wildman–Crippen LogP) is 5.85. The van der Waals surface area contributed by atoms with Gasteiger partial charge in [0.2, 0.25) is 11.8 Å². The standard InChI is InChI=1S/C25H25BrN2O4/c1-3-31-20-12-14-21(15-13-20)32-24-7-5-4-6-22(24)28-25(30)16-23(27-17(2)29)18-8-10-19(26)11-9-18/h4-15,23H,3,16H2,1-2H3,(H,27,29)(H,28,30). The summed E-state index contributed by atoms with van der Waals surface area (Å²) in [5, 5.41) is 5.74. The van der Waals surface area contributed by atoms with E-state index in [2.05, 4.69) is 26.6 Å². The van der Waals surface area contributed by atoms with E-state index in [1.54, 1.807) is 12.1 Å². The summed E-state index contributed by atoms with van der Waals surface area (Å²) in [4.78, 5) is 24.5. The maximum absolute atomic E-state index is 12.8. The summed E-state index contributed by atoms with van der Waals surface area (Å²) >= 11 is 3.40. The smallest absolute Gasteiger partial charge is 0.226 e. The molecule has 0 aliphatic rings. The maximum Gasteiger partial charge on any atom is 0.226 e. The van der Waals surface area contributed by atoms with Crippen molar-refractivity contribution in [1.82, 2.24) is 5.32 Å². The molecule has 3 rings (SSSR count). The molecule has 0 saturated heterocycles. The number of halogens is 1. The summed E-state index contributed by atoms with van der Waals surface area (Å²) < 4.78 is 12.3. The topological polar surface area (TPSA) is 76.7 Å². The van der Waals surface area contributed by atoms with Gasteiger partial charge in [-0.05, 0) is 61.0 Å². The molecule has 7 heteroatoms. The molecular formula is C25H25BrN2O4. The molecule has 1 unspecified atom stereocenters. The second kappa shape index (κ2) is 11.3. The Balaban J connectivity index is 1.71. The Bertz CT molecular complexity index is 1050. The van der Waals surface area contributed by atoms with E-state index in [1.807, 2.05) is 67.6 Å². The molecule has 2 amide bonds. The van der Waals surface area contributed by atoms with Gasteiger partial charge in [0.1, 0.15) is 11.5 Å². The largest absolute Gasteiger partial charge is 0.494 e. The van der Waals surface area contributed by atoms with Crippen LogP contribution < -0.4 is 20.1 Å². The van der Waals surface area contributed by atoms with Gasteiger partial charge in [-0.1, -0.05) is 40.2 Å². The van der Waals surface area contributed by atoms with Crippen molar-refractivity contribution in [3.05, 3.63) is 82.8 Å². The van der Waals surface area contributed by atoms with E-state index in [-0.39, 0.29) is 18.2 Å². The zero-order valence-corrected chi connectivity index (χ0v) is 19.5. The molecule has 0 saturated carbocycles. The Kier molecular flexibility index (Phi) is 8.27. The van der Waals surface area contributed by atoms with Gasteiger partial charge in [-0.15, -0.1) is 0 Å². The molecule has 0 aliphatic carbocycles. The summed E-state index contributed by atoms with van der Waals surface area (Å²) in [6, 6.07) is 21.6. The molecule has 0 fully saturated rings. The number of hydrogen-bond acceptors (Lipinski definition) is 4. The first-order valence-electron chi connectivity index (χ1n) is 10.3. The van der Waals surface area contributed by atoms with E-state index in [0.29, 0.717) is 23.8 Å². The van der Waals surface area contributed by atoms with Crippen LogP contribution in [0.1, 0.15) is 31.9 Å². The fourth-order valence-electron chi connectivity index (χ4n) is 3.14. The number of anilines is 1. The summed E-state index contributed by atoms with van der Waals surface area (Å²) in [5.41, 5.74) is 1.39. The Morgan fingerprint density at radius 2 is 1.59 bits per heavy atom. The van der Waals surface area contributed by atoms with E-state index in [0.717, 1.165) is 15.8 Å². The molecule has 0 radical (unpaired) electrons. The van der Waals surface area contributed by atoms with Crippen LogP contribution in [0, 0.1) is 0 Å². The summed E-state index contributed by atoms with van der Waals surface area (Å²) in [7, 11) is 0. The molecule has 3 aromatic carbocycles. The van der Waals surface area contributed by atoms with Gasteiger partial charge in [0.15, 0.2) is 5.75 Å². The van der Waals surface area contributed by atoms with Crippen molar-refractivity contribution in [3.63, 3.8) is 0 Å². The van der Waals surface area contributed by atoms with Gasteiger partial charge in [0, 0.05) is 11.4 Å². The van der Waals surface area contributed by atoms with Crippen LogP contribution in [0.15, 0.2) is 77.3 Å². The molecule has 166 valence electrons. The molecule has 0 aliphatic heterocycles. The predicted molar refractivity (Wildman–Crippen MR) is 128 cm³/mol. The number of ether oxygens (including phenoxy) is 2. The van der Waals surface area contributed by atoms with Gasteiger partial charge in [-0.2, -0.15) is 0 Å². The van der Waals surface area contributed by atoms with E-state index in [4.69, 9.17) is 9.47 Å². The van der Waals surface area contributed by atoms with E-state index >= 15 is 0 Å². The van der Waals surface area contributed by atoms with E-state index in [9.17, 15) is 9.59 Å². The van der Waals surface area contributed by atoms with Gasteiger partial charge in [-0.3, -0.25) is 9.59 Å². The highest BCUT2D eigenvalue weighted by atomic mass is 79.9. The number of rotatable bonds is 9. The second-order valence-corrected chi connectivity index (χ2v) is 7.98. The molecule has 6 nitrogen and oxygen atoms in total. The minimum absolute atomic E-state index is 0.0819. The van der Waals surface area contributed by atoms with Crippen LogP contribution >= 0.6 is 15.9 Å². The van der Waals surface area contributed by atoms with E-state index < -0.39 is 6.04 Å². The van der Waals surface area contributed by atoms with Gasteiger partial charge in [-0.25, -0.2) is 0 Å². The first-order chi connectivity index (χ1) is 15.4. The molecular weight excluding hydrogens is 472 g/mol. The Labute approximate surface area is 196 Å². The zero-order valence-electron chi connectivity index (χ0n) is 17.9. The first-order valence-corrected chi connectivity index (χ1v) is 11.1. The number of benzene rings is 3. The van der Waals surface area contributed by atoms with Crippen molar-refractivity contribution >= 4 is 33.4 Å². The minimum atomic E-state index is -0.445. The second-order valence-electron chi connectivity index (χ2n) is 7.06. The number of para-hydroxylation sites is 2. The zero-order chi connectivity index (χ0) is 22.9. The minimum Gasteiger partial charge on any atom is -0.494 e. The van der Waals surface area contributed by atoms with Crippen molar-refractivity contribution in [3.8, 4) is 17.2 Å². The quantitative estimate of drug-likeness (QED) is 0.389. The lowest BCUT2D eigenvalue weighted by Gasteiger charge is -2.19. The average Bonchev–Trinajstić information content (AvgIpc) is 2.76. The number of amides is 2. The highest BCUT2D eigenvalue weighted by Crippen LogP contribution is 2.31. The monoisotopic (exact) mass is 496 g/mol. The average molecular weight is 497 g/mol. The van der Waals surface area contributed by atoms with Gasteiger partial charge in [0.25, 0.3) is 0 Å². The number of carbonyl (C=O) groups is 2. The molecule has 1 atom stereocenters. The van der Waals surface area contributed by atoms with Crippen LogP contribution in [-0.2, 0) is 9.59 Å². The van der Waals surface area contributed by atoms with Crippen LogP contribution in [0.5, 0.6) is 17.2 Å². The third-order valence-corrected chi connectivity index (χ3v) is 5.09. The third kappa shape index (κ3) is 6.85. The number of nitrogens with one attached hydrogen (secondary N) is 2. The molecule has 0 spiro atoms. The van der Waals surface area contributed by atoms with Crippen LogP contribution in [-0.4, -0.2) is 18.4 Å². The van der Waals surface area contributed by atoms with E-state index in [1.165, 1.54) is 6.92 Å².